The Balaban J connectivity index is 3.85. The van der Waals surface area contributed by atoms with E-state index < -0.39 is 0 Å². The van der Waals surface area contributed by atoms with Crippen LogP contribution in [0.2, 0.25) is 0 Å². The molecule has 0 radical (unpaired) electrons. The molecule has 0 aliphatic carbocycles. The van der Waals surface area contributed by atoms with Gasteiger partial charge in [-0.15, -0.1) is 0 Å². The van der Waals surface area contributed by atoms with Crippen molar-refractivity contribution >= 4 is 11.8 Å². The van der Waals surface area contributed by atoms with Gasteiger partial charge in [0.2, 0.25) is 11.8 Å². The van der Waals surface area contributed by atoms with E-state index in [1.807, 2.05) is 0 Å². The molecule has 0 aliphatic rings. The van der Waals surface area contributed by atoms with E-state index in [0.717, 1.165) is 32.3 Å². The number of hydrogen-bond acceptors (Lipinski definition) is 3. The topological polar surface area (TPSA) is 67.4 Å². The SMILES string of the molecule is CCCOCCC(C)(C)CNC(=O)CC(=O)NCCCC(C)(C)C. The summed E-state index contributed by atoms with van der Waals surface area (Å²) in [5.41, 5.74) is 0.237. The van der Waals surface area contributed by atoms with E-state index in [0.29, 0.717) is 19.7 Å². The fourth-order valence-electron chi connectivity index (χ4n) is 2.14. The van der Waals surface area contributed by atoms with Crippen molar-refractivity contribution in [2.45, 2.75) is 73.6 Å². The van der Waals surface area contributed by atoms with E-state index in [4.69, 9.17) is 4.74 Å². The fourth-order valence-corrected chi connectivity index (χ4v) is 2.14. The Hall–Kier alpha value is -1.10. The quantitative estimate of drug-likeness (QED) is 0.422. The van der Waals surface area contributed by atoms with Crippen LogP contribution in [0.15, 0.2) is 0 Å². The summed E-state index contributed by atoms with van der Waals surface area (Å²) in [6.45, 7) is 15.5. The van der Waals surface area contributed by atoms with Crippen LogP contribution < -0.4 is 10.6 Å². The highest BCUT2D eigenvalue weighted by molar-refractivity contribution is 5.96. The number of carbonyl (C=O) groups is 2. The number of carbonyl (C=O) groups excluding carboxylic acids is 2. The summed E-state index contributed by atoms with van der Waals surface area (Å²) in [6.07, 6.45) is 3.78. The second-order valence-corrected chi connectivity index (χ2v) is 8.49. The van der Waals surface area contributed by atoms with E-state index in [2.05, 4.69) is 52.2 Å². The van der Waals surface area contributed by atoms with Crippen LogP contribution >= 0.6 is 0 Å². The minimum Gasteiger partial charge on any atom is -0.381 e. The van der Waals surface area contributed by atoms with E-state index in [1.54, 1.807) is 0 Å². The summed E-state index contributed by atoms with van der Waals surface area (Å²) in [5, 5.41) is 5.67. The number of amides is 2. The molecule has 0 aromatic rings. The lowest BCUT2D eigenvalue weighted by molar-refractivity contribution is -0.129. The van der Waals surface area contributed by atoms with Crippen molar-refractivity contribution in [2.75, 3.05) is 26.3 Å². The molecule has 0 saturated carbocycles. The largest absolute Gasteiger partial charge is 0.381 e. The maximum Gasteiger partial charge on any atom is 0.229 e. The monoisotopic (exact) mass is 342 g/mol. The Kier molecular flexibility index (Phi) is 10.9. The van der Waals surface area contributed by atoms with Gasteiger partial charge >= 0.3 is 0 Å². The van der Waals surface area contributed by atoms with Gasteiger partial charge in [0.15, 0.2) is 0 Å². The van der Waals surface area contributed by atoms with Crippen molar-refractivity contribution in [1.82, 2.24) is 10.6 Å². The molecule has 0 aromatic carbocycles. The van der Waals surface area contributed by atoms with Crippen molar-refractivity contribution in [3.63, 3.8) is 0 Å². The molecule has 0 spiro atoms. The first kappa shape index (κ1) is 22.9. The van der Waals surface area contributed by atoms with E-state index in [9.17, 15) is 9.59 Å². The highest BCUT2D eigenvalue weighted by atomic mass is 16.5. The fraction of sp³-hybridized carbons (Fsp3) is 0.895. The molecule has 142 valence electrons. The molecule has 0 heterocycles. The van der Waals surface area contributed by atoms with Gasteiger partial charge in [-0.25, -0.2) is 0 Å². The van der Waals surface area contributed by atoms with Crippen molar-refractivity contribution in [1.29, 1.82) is 0 Å². The Bertz CT molecular complexity index is 373. The molecular weight excluding hydrogens is 304 g/mol. The van der Waals surface area contributed by atoms with Crippen LogP contribution in [0.25, 0.3) is 0 Å². The van der Waals surface area contributed by atoms with Crippen LogP contribution in [-0.4, -0.2) is 38.1 Å². The van der Waals surface area contributed by atoms with Crippen LogP contribution in [0.5, 0.6) is 0 Å². The third kappa shape index (κ3) is 14.5. The van der Waals surface area contributed by atoms with Gasteiger partial charge in [0.25, 0.3) is 0 Å². The van der Waals surface area contributed by atoms with E-state index >= 15 is 0 Å². The van der Waals surface area contributed by atoms with Gasteiger partial charge in [-0.1, -0.05) is 41.5 Å². The second-order valence-electron chi connectivity index (χ2n) is 8.49. The summed E-state index contributed by atoms with van der Waals surface area (Å²) >= 11 is 0. The normalized spacial score (nSPS) is 12.1. The second kappa shape index (κ2) is 11.5. The first-order chi connectivity index (χ1) is 11.1. The molecule has 0 aliphatic heterocycles. The molecule has 5 nitrogen and oxygen atoms in total. The summed E-state index contributed by atoms with van der Waals surface area (Å²) < 4.78 is 5.49. The predicted molar refractivity (Wildman–Crippen MR) is 98.8 cm³/mol. The zero-order valence-electron chi connectivity index (χ0n) is 16.6. The molecule has 0 atom stereocenters. The number of ether oxygens (including phenoxy) is 1. The molecule has 0 rings (SSSR count). The lowest BCUT2D eigenvalue weighted by Gasteiger charge is -2.24. The van der Waals surface area contributed by atoms with Gasteiger partial charge < -0.3 is 15.4 Å². The molecular formula is C19H38N2O3. The van der Waals surface area contributed by atoms with Crippen LogP contribution in [-0.2, 0) is 14.3 Å². The summed E-state index contributed by atoms with van der Waals surface area (Å²) in [5.74, 6) is -0.420. The van der Waals surface area contributed by atoms with Crippen molar-refractivity contribution in [3.05, 3.63) is 0 Å². The van der Waals surface area contributed by atoms with Crippen molar-refractivity contribution in [2.24, 2.45) is 10.8 Å². The van der Waals surface area contributed by atoms with Crippen LogP contribution in [0, 0.1) is 10.8 Å². The van der Waals surface area contributed by atoms with Crippen molar-refractivity contribution < 1.29 is 14.3 Å². The maximum atomic E-state index is 11.9. The van der Waals surface area contributed by atoms with Crippen LogP contribution in [0.4, 0.5) is 0 Å². The Morgan fingerprint density at radius 2 is 1.54 bits per heavy atom. The predicted octanol–water partition coefficient (Wildman–Crippen LogP) is 3.28. The average Bonchev–Trinajstić information content (AvgIpc) is 2.45. The lowest BCUT2D eigenvalue weighted by atomic mass is 9.89. The van der Waals surface area contributed by atoms with Gasteiger partial charge in [0, 0.05) is 26.3 Å². The molecule has 2 amide bonds. The highest BCUT2D eigenvalue weighted by Gasteiger charge is 2.19. The van der Waals surface area contributed by atoms with Crippen LogP contribution in [0.3, 0.4) is 0 Å². The average molecular weight is 343 g/mol. The molecule has 2 N–H and O–H groups in total. The van der Waals surface area contributed by atoms with Gasteiger partial charge in [-0.3, -0.25) is 9.59 Å². The summed E-state index contributed by atoms with van der Waals surface area (Å²) in [6, 6.07) is 0. The summed E-state index contributed by atoms with van der Waals surface area (Å²) in [4.78, 5) is 23.6. The third-order valence-electron chi connectivity index (χ3n) is 3.78. The van der Waals surface area contributed by atoms with E-state index in [-0.39, 0.29) is 29.1 Å². The maximum absolute atomic E-state index is 11.9. The van der Waals surface area contributed by atoms with E-state index in [1.165, 1.54) is 0 Å². The zero-order valence-corrected chi connectivity index (χ0v) is 16.6. The molecule has 0 bridgehead atoms. The zero-order chi connectivity index (χ0) is 18.6. The molecule has 0 aromatic heterocycles. The van der Waals surface area contributed by atoms with Crippen molar-refractivity contribution in [3.8, 4) is 0 Å². The van der Waals surface area contributed by atoms with Crippen LogP contribution in [0.1, 0.15) is 73.6 Å². The molecule has 0 saturated heterocycles. The van der Waals surface area contributed by atoms with Gasteiger partial charge in [-0.05, 0) is 36.5 Å². The number of rotatable bonds is 12. The Morgan fingerprint density at radius 3 is 2.12 bits per heavy atom. The van der Waals surface area contributed by atoms with Gasteiger partial charge in [-0.2, -0.15) is 0 Å². The van der Waals surface area contributed by atoms with Gasteiger partial charge in [0.05, 0.1) is 0 Å². The first-order valence-corrected chi connectivity index (χ1v) is 9.17. The highest BCUT2D eigenvalue weighted by Crippen LogP contribution is 2.20. The molecule has 24 heavy (non-hydrogen) atoms. The number of nitrogens with one attached hydrogen (secondary N) is 2. The third-order valence-corrected chi connectivity index (χ3v) is 3.78. The number of hydrogen-bond donors (Lipinski definition) is 2. The minimum absolute atomic E-state index is 0.0351. The Labute approximate surface area is 148 Å². The smallest absolute Gasteiger partial charge is 0.229 e. The molecule has 0 fully saturated rings. The summed E-state index contributed by atoms with van der Waals surface area (Å²) in [7, 11) is 0. The lowest BCUT2D eigenvalue weighted by Crippen LogP contribution is -2.37. The minimum atomic E-state index is -0.217. The Morgan fingerprint density at radius 1 is 0.917 bits per heavy atom. The standard InChI is InChI=1S/C19H38N2O3/c1-7-12-24-13-10-19(5,6)15-21-17(23)14-16(22)20-11-8-9-18(2,3)4/h7-15H2,1-6H3,(H,20,22)(H,21,23). The first-order valence-electron chi connectivity index (χ1n) is 9.17. The molecule has 5 heteroatoms. The molecule has 0 unspecified atom stereocenters. The van der Waals surface area contributed by atoms with Gasteiger partial charge in [0.1, 0.15) is 6.42 Å².